The van der Waals surface area contributed by atoms with E-state index >= 15 is 0 Å². The monoisotopic (exact) mass is 485 g/mol. The second-order valence-corrected chi connectivity index (χ2v) is 9.79. The number of rotatable bonds is 12. The van der Waals surface area contributed by atoms with Gasteiger partial charge in [-0.3, -0.25) is 4.79 Å². The van der Waals surface area contributed by atoms with Gasteiger partial charge in [-0.2, -0.15) is 0 Å². The molecule has 5 nitrogen and oxygen atoms in total. The fourth-order valence-corrected chi connectivity index (χ4v) is 3.91. The van der Waals surface area contributed by atoms with Gasteiger partial charge in [-0.05, 0) is 89.1 Å². The summed E-state index contributed by atoms with van der Waals surface area (Å²) in [6.45, 7) is 7.32. The summed E-state index contributed by atoms with van der Waals surface area (Å²) in [4.78, 5) is 17.5. The Bertz CT molecular complexity index is 1160. The van der Waals surface area contributed by atoms with Crippen LogP contribution in [0.5, 0.6) is 5.75 Å². The van der Waals surface area contributed by atoms with E-state index in [1.807, 2.05) is 62.6 Å². The first-order chi connectivity index (χ1) is 17.2. The highest BCUT2D eigenvalue weighted by Crippen LogP contribution is 2.29. The first-order valence-electron chi connectivity index (χ1n) is 12.4. The van der Waals surface area contributed by atoms with Crippen molar-refractivity contribution in [3.63, 3.8) is 0 Å². The van der Waals surface area contributed by atoms with Gasteiger partial charge in [-0.1, -0.05) is 53.6 Å². The largest absolute Gasteiger partial charge is 0.491 e. The minimum absolute atomic E-state index is 0.0748. The van der Waals surface area contributed by atoms with Crippen molar-refractivity contribution in [3.05, 3.63) is 89.0 Å². The number of likely N-dealkylation sites (N-methyl/N-ethyl adjacent to an activating group) is 2. The van der Waals surface area contributed by atoms with Crippen LogP contribution in [0.1, 0.15) is 27.0 Å². The van der Waals surface area contributed by atoms with E-state index in [1.54, 1.807) is 6.08 Å². The van der Waals surface area contributed by atoms with Crippen molar-refractivity contribution in [2.45, 2.75) is 13.8 Å². The third-order valence-corrected chi connectivity index (χ3v) is 5.82. The maximum atomic E-state index is 13.3. The quantitative estimate of drug-likeness (QED) is 0.260. The SMILES string of the molecule is Cc1cc(C)cc(-c2ccc(OCCN(C)C)c(C(=O)/C=C/c3ccc(NCCN(C)C)cc3)c2)c1. The Kier molecular flexibility index (Phi) is 9.86. The maximum Gasteiger partial charge on any atom is 0.189 e. The predicted molar refractivity (Wildman–Crippen MR) is 152 cm³/mol. The molecule has 0 spiro atoms. The molecule has 0 atom stereocenters. The van der Waals surface area contributed by atoms with Gasteiger partial charge in [-0.25, -0.2) is 0 Å². The van der Waals surface area contributed by atoms with E-state index in [4.69, 9.17) is 4.74 Å². The highest BCUT2D eigenvalue weighted by atomic mass is 16.5. The van der Waals surface area contributed by atoms with E-state index in [0.29, 0.717) is 17.9 Å². The summed E-state index contributed by atoms with van der Waals surface area (Å²) in [6.07, 6.45) is 3.49. The molecule has 0 fully saturated rings. The second-order valence-electron chi connectivity index (χ2n) is 9.79. The maximum absolute atomic E-state index is 13.3. The van der Waals surface area contributed by atoms with Crippen molar-refractivity contribution in [2.75, 3.05) is 59.7 Å². The van der Waals surface area contributed by atoms with Crippen LogP contribution in [0.3, 0.4) is 0 Å². The lowest BCUT2D eigenvalue weighted by Crippen LogP contribution is -2.20. The Balaban J connectivity index is 1.81. The zero-order valence-electron chi connectivity index (χ0n) is 22.5. The minimum atomic E-state index is -0.0748. The average molecular weight is 486 g/mol. The van der Waals surface area contributed by atoms with Crippen molar-refractivity contribution in [3.8, 4) is 16.9 Å². The van der Waals surface area contributed by atoms with Gasteiger partial charge >= 0.3 is 0 Å². The molecule has 5 heteroatoms. The van der Waals surface area contributed by atoms with Crippen LogP contribution in [-0.2, 0) is 0 Å². The predicted octanol–water partition coefficient (Wildman–Crippen LogP) is 5.78. The van der Waals surface area contributed by atoms with E-state index in [9.17, 15) is 4.79 Å². The number of allylic oxidation sites excluding steroid dienone is 1. The fourth-order valence-electron chi connectivity index (χ4n) is 3.91. The number of benzene rings is 3. The van der Waals surface area contributed by atoms with Gasteiger partial charge in [0.1, 0.15) is 12.4 Å². The molecule has 0 radical (unpaired) electrons. The van der Waals surface area contributed by atoms with E-state index in [1.165, 1.54) is 11.1 Å². The summed E-state index contributed by atoms with van der Waals surface area (Å²) in [5, 5.41) is 3.41. The van der Waals surface area contributed by atoms with Gasteiger partial charge in [0, 0.05) is 25.3 Å². The van der Waals surface area contributed by atoms with Gasteiger partial charge in [0.2, 0.25) is 0 Å². The Hall–Kier alpha value is -3.41. The van der Waals surface area contributed by atoms with Crippen molar-refractivity contribution >= 4 is 17.5 Å². The number of aryl methyl sites for hydroxylation is 2. The van der Waals surface area contributed by atoms with Crippen LogP contribution in [0, 0.1) is 13.8 Å². The normalized spacial score (nSPS) is 11.4. The van der Waals surface area contributed by atoms with E-state index in [0.717, 1.165) is 42.0 Å². The summed E-state index contributed by atoms with van der Waals surface area (Å²) in [6, 6.07) is 20.4. The zero-order valence-corrected chi connectivity index (χ0v) is 22.5. The molecule has 3 aromatic rings. The summed E-state index contributed by atoms with van der Waals surface area (Å²) in [5.41, 5.74) is 7.12. The lowest BCUT2D eigenvalue weighted by atomic mass is 9.97. The molecule has 0 saturated heterocycles. The lowest BCUT2D eigenvalue weighted by Gasteiger charge is -2.15. The average Bonchev–Trinajstić information content (AvgIpc) is 2.82. The highest BCUT2D eigenvalue weighted by Gasteiger charge is 2.13. The molecule has 0 saturated carbocycles. The van der Waals surface area contributed by atoms with Crippen LogP contribution in [0.2, 0.25) is 0 Å². The summed E-state index contributed by atoms with van der Waals surface area (Å²) in [7, 11) is 8.13. The third-order valence-electron chi connectivity index (χ3n) is 5.82. The topological polar surface area (TPSA) is 44.8 Å². The number of ether oxygens (including phenoxy) is 1. The van der Waals surface area contributed by atoms with Crippen LogP contribution in [0.25, 0.3) is 17.2 Å². The number of carbonyl (C=O) groups is 1. The van der Waals surface area contributed by atoms with E-state index < -0.39 is 0 Å². The molecule has 0 aliphatic rings. The van der Waals surface area contributed by atoms with Crippen molar-refractivity contribution in [1.29, 1.82) is 0 Å². The zero-order chi connectivity index (χ0) is 26.1. The number of carbonyl (C=O) groups excluding carboxylic acids is 1. The lowest BCUT2D eigenvalue weighted by molar-refractivity contribution is 0.104. The molecule has 0 aromatic heterocycles. The van der Waals surface area contributed by atoms with Crippen molar-refractivity contribution in [2.24, 2.45) is 0 Å². The molecule has 1 N–H and O–H groups in total. The Morgan fingerprint density at radius 3 is 2.14 bits per heavy atom. The molecule has 0 amide bonds. The molecule has 190 valence electrons. The Labute approximate surface area is 216 Å². The van der Waals surface area contributed by atoms with Crippen LogP contribution >= 0.6 is 0 Å². The smallest absolute Gasteiger partial charge is 0.189 e. The minimum Gasteiger partial charge on any atom is -0.491 e. The van der Waals surface area contributed by atoms with Crippen LogP contribution in [-0.4, -0.2) is 70.0 Å². The number of nitrogens with zero attached hydrogens (tertiary/aromatic N) is 2. The van der Waals surface area contributed by atoms with Gasteiger partial charge in [0.05, 0.1) is 5.56 Å². The molecule has 0 aliphatic heterocycles. The highest BCUT2D eigenvalue weighted by molar-refractivity contribution is 6.09. The number of nitrogens with one attached hydrogen (secondary N) is 1. The van der Waals surface area contributed by atoms with E-state index in [2.05, 4.69) is 61.3 Å². The molecular formula is C31H39N3O2. The van der Waals surface area contributed by atoms with Gasteiger partial charge in [0.15, 0.2) is 5.78 Å². The van der Waals surface area contributed by atoms with Crippen LogP contribution in [0.15, 0.2) is 66.7 Å². The third kappa shape index (κ3) is 8.36. The number of hydrogen-bond donors (Lipinski definition) is 1. The second kappa shape index (κ2) is 13.1. The molecule has 0 unspecified atom stereocenters. The summed E-state index contributed by atoms with van der Waals surface area (Å²) >= 11 is 0. The molecule has 0 bridgehead atoms. The van der Waals surface area contributed by atoms with E-state index in [-0.39, 0.29) is 5.78 Å². The van der Waals surface area contributed by atoms with Crippen molar-refractivity contribution < 1.29 is 9.53 Å². The van der Waals surface area contributed by atoms with Gasteiger partial charge in [0.25, 0.3) is 0 Å². The molecule has 3 rings (SSSR count). The molecule has 3 aromatic carbocycles. The first kappa shape index (κ1) is 27.2. The number of hydrogen-bond acceptors (Lipinski definition) is 5. The molecule has 0 aliphatic carbocycles. The number of anilines is 1. The Morgan fingerprint density at radius 2 is 1.50 bits per heavy atom. The van der Waals surface area contributed by atoms with Crippen molar-refractivity contribution in [1.82, 2.24) is 9.80 Å². The van der Waals surface area contributed by atoms with Gasteiger partial charge < -0.3 is 19.9 Å². The fraction of sp³-hybridized carbons (Fsp3) is 0.323. The first-order valence-corrected chi connectivity index (χ1v) is 12.4. The standard InChI is InChI=1S/C31H39N3O2/c1-23-19-24(2)21-27(20-23)26-10-14-31(36-18-17-34(5)6)29(22-26)30(35)13-9-25-7-11-28(12-8-25)32-15-16-33(3)4/h7-14,19-22,32H,15-18H2,1-6H3/b13-9+. The Morgan fingerprint density at radius 1 is 0.833 bits per heavy atom. The van der Waals surface area contributed by atoms with Crippen LogP contribution in [0.4, 0.5) is 5.69 Å². The molecule has 0 heterocycles. The molecule has 36 heavy (non-hydrogen) atoms. The molecular weight excluding hydrogens is 446 g/mol. The summed E-state index contributed by atoms with van der Waals surface area (Å²) in [5.74, 6) is 0.536. The summed E-state index contributed by atoms with van der Waals surface area (Å²) < 4.78 is 6.02. The number of ketones is 1. The van der Waals surface area contributed by atoms with Gasteiger partial charge in [-0.15, -0.1) is 0 Å². The van der Waals surface area contributed by atoms with Crippen LogP contribution < -0.4 is 10.1 Å².